The monoisotopic (exact) mass is 265 g/mol. The molecule has 2 atom stereocenters. The maximum absolute atomic E-state index is 12.3. The minimum atomic E-state index is -0.827. The molecule has 19 heavy (non-hydrogen) atoms. The first-order valence-electron chi connectivity index (χ1n) is 7.70. The number of aliphatic hydroxyl groups is 1. The standard InChI is InChI=1S/C16H27NO2/c1-13(2)16(19)9-5-3-4-8-14(16)12-15(18)17-10-6-7-11-17/h14,19H,1,3-12H2,2H3/t14-,16+/m1/s1. The number of amides is 1. The van der Waals surface area contributed by atoms with Crippen LogP contribution in [0.4, 0.5) is 0 Å². The zero-order chi connectivity index (χ0) is 13.9. The highest BCUT2D eigenvalue weighted by Crippen LogP contribution is 2.39. The largest absolute Gasteiger partial charge is 0.385 e. The van der Waals surface area contributed by atoms with Crippen molar-refractivity contribution >= 4 is 5.91 Å². The Morgan fingerprint density at radius 2 is 1.95 bits per heavy atom. The summed E-state index contributed by atoms with van der Waals surface area (Å²) in [7, 11) is 0. The van der Waals surface area contributed by atoms with E-state index in [0.717, 1.165) is 63.6 Å². The molecule has 0 aromatic heterocycles. The first-order chi connectivity index (χ1) is 9.04. The summed E-state index contributed by atoms with van der Waals surface area (Å²) in [5.41, 5.74) is -0.0000680. The number of carbonyl (C=O) groups is 1. The highest BCUT2D eigenvalue weighted by atomic mass is 16.3. The predicted octanol–water partition coefficient (Wildman–Crippen LogP) is 2.89. The van der Waals surface area contributed by atoms with Gasteiger partial charge < -0.3 is 10.0 Å². The van der Waals surface area contributed by atoms with E-state index in [1.165, 1.54) is 0 Å². The van der Waals surface area contributed by atoms with Crippen LogP contribution in [0.3, 0.4) is 0 Å². The smallest absolute Gasteiger partial charge is 0.222 e. The van der Waals surface area contributed by atoms with Gasteiger partial charge in [0.2, 0.25) is 5.91 Å². The van der Waals surface area contributed by atoms with Crippen LogP contribution in [0.15, 0.2) is 12.2 Å². The molecule has 1 amide bonds. The fourth-order valence-corrected chi connectivity index (χ4v) is 3.54. The summed E-state index contributed by atoms with van der Waals surface area (Å²) in [6, 6.07) is 0. The van der Waals surface area contributed by atoms with Crippen molar-refractivity contribution in [2.45, 2.75) is 63.9 Å². The average Bonchev–Trinajstić information content (AvgIpc) is 2.84. The lowest BCUT2D eigenvalue weighted by Crippen LogP contribution is -2.41. The molecule has 3 nitrogen and oxygen atoms in total. The Bertz CT molecular complexity index is 347. The number of hydrogen-bond acceptors (Lipinski definition) is 2. The Hall–Kier alpha value is -0.830. The van der Waals surface area contributed by atoms with Gasteiger partial charge in [0, 0.05) is 25.4 Å². The summed E-state index contributed by atoms with van der Waals surface area (Å²) in [5.74, 6) is 0.282. The highest BCUT2D eigenvalue weighted by Gasteiger charge is 2.40. The summed E-state index contributed by atoms with van der Waals surface area (Å²) in [6.07, 6.45) is 7.77. The molecule has 0 aromatic carbocycles. The number of nitrogens with zero attached hydrogens (tertiary/aromatic N) is 1. The molecule has 0 bridgehead atoms. The summed E-state index contributed by atoms with van der Waals surface area (Å²) in [5, 5.41) is 10.9. The molecule has 2 aliphatic rings. The molecule has 1 saturated heterocycles. The SMILES string of the molecule is C=C(C)[C@@]1(O)CCCCC[C@@H]1CC(=O)N1CCCC1. The van der Waals surface area contributed by atoms with E-state index in [1.807, 2.05) is 11.8 Å². The third kappa shape index (κ3) is 3.19. The van der Waals surface area contributed by atoms with Crippen molar-refractivity contribution in [3.8, 4) is 0 Å². The second-order valence-corrected chi connectivity index (χ2v) is 6.29. The fourth-order valence-electron chi connectivity index (χ4n) is 3.54. The van der Waals surface area contributed by atoms with Crippen molar-refractivity contribution < 1.29 is 9.90 Å². The van der Waals surface area contributed by atoms with Gasteiger partial charge in [-0.2, -0.15) is 0 Å². The van der Waals surface area contributed by atoms with Gasteiger partial charge in [-0.25, -0.2) is 0 Å². The maximum Gasteiger partial charge on any atom is 0.222 e. The number of hydrogen-bond donors (Lipinski definition) is 1. The average molecular weight is 265 g/mol. The van der Waals surface area contributed by atoms with E-state index in [4.69, 9.17) is 0 Å². The molecule has 2 fully saturated rings. The lowest BCUT2D eigenvalue weighted by Gasteiger charge is -2.36. The fraction of sp³-hybridized carbons (Fsp3) is 0.812. The van der Waals surface area contributed by atoms with E-state index in [-0.39, 0.29) is 11.8 Å². The normalized spacial score (nSPS) is 32.1. The van der Waals surface area contributed by atoms with Gasteiger partial charge >= 0.3 is 0 Å². The van der Waals surface area contributed by atoms with E-state index >= 15 is 0 Å². The topological polar surface area (TPSA) is 40.5 Å². The molecule has 1 heterocycles. The first kappa shape index (κ1) is 14.6. The Labute approximate surface area is 116 Å². The molecule has 1 N–H and O–H groups in total. The molecule has 2 rings (SSSR count). The summed E-state index contributed by atoms with van der Waals surface area (Å²) in [4.78, 5) is 14.3. The summed E-state index contributed by atoms with van der Waals surface area (Å²) in [6.45, 7) is 7.67. The van der Waals surface area contributed by atoms with Crippen LogP contribution in [0.25, 0.3) is 0 Å². The Kier molecular flexibility index (Phi) is 4.67. The van der Waals surface area contributed by atoms with Crippen LogP contribution < -0.4 is 0 Å². The van der Waals surface area contributed by atoms with E-state index in [9.17, 15) is 9.90 Å². The van der Waals surface area contributed by atoms with Crippen molar-refractivity contribution in [2.24, 2.45) is 5.92 Å². The Morgan fingerprint density at radius 1 is 1.26 bits per heavy atom. The van der Waals surface area contributed by atoms with Crippen molar-refractivity contribution in [3.05, 3.63) is 12.2 Å². The van der Waals surface area contributed by atoms with Crippen LogP contribution in [0.2, 0.25) is 0 Å². The maximum atomic E-state index is 12.3. The number of rotatable bonds is 3. The van der Waals surface area contributed by atoms with Crippen molar-refractivity contribution in [1.82, 2.24) is 4.90 Å². The van der Waals surface area contributed by atoms with E-state index in [2.05, 4.69) is 6.58 Å². The van der Waals surface area contributed by atoms with Crippen LogP contribution in [0, 0.1) is 5.92 Å². The molecule has 0 unspecified atom stereocenters. The van der Waals surface area contributed by atoms with Gasteiger partial charge in [0.25, 0.3) is 0 Å². The van der Waals surface area contributed by atoms with Gasteiger partial charge in [-0.1, -0.05) is 25.8 Å². The van der Waals surface area contributed by atoms with Gasteiger partial charge in [0.05, 0.1) is 5.60 Å². The van der Waals surface area contributed by atoms with Crippen molar-refractivity contribution in [3.63, 3.8) is 0 Å². The summed E-state index contributed by atoms with van der Waals surface area (Å²) < 4.78 is 0. The predicted molar refractivity (Wildman–Crippen MR) is 76.8 cm³/mol. The van der Waals surface area contributed by atoms with Gasteiger partial charge in [-0.15, -0.1) is 0 Å². The van der Waals surface area contributed by atoms with Crippen LogP contribution in [0.5, 0.6) is 0 Å². The third-order valence-electron chi connectivity index (χ3n) is 4.90. The first-order valence-corrected chi connectivity index (χ1v) is 7.70. The molecular weight excluding hydrogens is 238 g/mol. The molecule has 108 valence electrons. The van der Waals surface area contributed by atoms with Gasteiger partial charge in [0.15, 0.2) is 0 Å². The highest BCUT2D eigenvalue weighted by molar-refractivity contribution is 5.77. The minimum Gasteiger partial charge on any atom is -0.385 e. The van der Waals surface area contributed by atoms with Crippen molar-refractivity contribution in [1.29, 1.82) is 0 Å². The van der Waals surface area contributed by atoms with Gasteiger partial charge in [-0.3, -0.25) is 4.79 Å². The number of carbonyl (C=O) groups excluding carboxylic acids is 1. The van der Waals surface area contributed by atoms with Crippen LogP contribution in [-0.2, 0) is 4.79 Å². The molecule has 1 aliphatic carbocycles. The zero-order valence-corrected chi connectivity index (χ0v) is 12.2. The molecular formula is C16H27NO2. The van der Waals surface area contributed by atoms with Gasteiger partial charge in [0.1, 0.15) is 0 Å². The van der Waals surface area contributed by atoms with Gasteiger partial charge in [-0.05, 0) is 38.2 Å². The molecule has 0 aromatic rings. The van der Waals surface area contributed by atoms with E-state index in [0.29, 0.717) is 6.42 Å². The van der Waals surface area contributed by atoms with E-state index < -0.39 is 5.60 Å². The van der Waals surface area contributed by atoms with Crippen LogP contribution in [-0.4, -0.2) is 34.6 Å². The quantitative estimate of drug-likeness (QED) is 0.629. The third-order valence-corrected chi connectivity index (χ3v) is 4.90. The Morgan fingerprint density at radius 3 is 2.58 bits per heavy atom. The molecule has 1 saturated carbocycles. The lowest BCUT2D eigenvalue weighted by atomic mass is 9.76. The Balaban J connectivity index is 2.05. The molecule has 0 radical (unpaired) electrons. The lowest BCUT2D eigenvalue weighted by molar-refractivity contribution is -0.133. The van der Waals surface area contributed by atoms with E-state index in [1.54, 1.807) is 0 Å². The zero-order valence-electron chi connectivity index (χ0n) is 12.2. The minimum absolute atomic E-state index is 0.0561. The second-order valence-electron chi connectivity index (χ2n) is 6.29. The molecule has 1 aliphatic heterocycles. The molecule has 0 spiro atoms. The van der Waals surface area contributed by atoms with Crippen LogP contribution in [0.1, 0.15) is 58.3 Å². The second kappa shape index (κ2) is 6.08. The molecule has 3 heteroatoms. The number of likely N-dealkylation sites (tertiary alicyclic amines) is 1. The summed E-state index contributed by atoms with van der Waals surface area (Å²) >= 11 is 0. The van der Waals surface area contributed by atoms with Crippen molar-refractivity contribution in [2.75, 3.05) is 13.1 Å². The van der Waals surface area contributed by atoms with Crippen LogP contribution >= 0.6 is 0 Å².